The second-order valence-electron chi connectivity index (χ2n) is 7.03. The van der Waals surface area contributed by atoms with Gasteiger partial charge < -0.3 is 5.32 Å². The SMILES string of the molecule is Cc1nc2ncnn2c(C)c1CCC(=O)NCc1ccccc1Sc1ccccc1. The summed E-state index contributed by atoms with van der Waals surface area (Å²) in [4.78, 5) is 23.5. The third-order valence-electron chi connectivity index (χ3n) is 5.01. The number of benzene rings is 2. The number of rotatable bonds is 7. The topological polar surface area (TPSA) is 72.2 Å². The molecule has 0 aliphatic rings. The van der Waals surface area contributed by atoms with Crippen molar-refractivity contribution in [2.45, 2.75) is 43.0 Å². The molecule has 4 rings (SSSR count). The minimum absolute atomic E-state index is 0.0204. The predicted octanol–water partition coefficient (Wildman–Crippen LogP) is 4.14. The summed E-state index contributed by atoms with van der Waals surface area (Å²) < 4.78 is 1.72. The van der Waals surface area contributed by atoms with Crippen molar-refractivity contribution in [1.29, 1.82) is 0 Å². The summed E-state index contributed by atoms with van der Waals surface area (Å²) in [6.07, 6.45) is 2.51. The lowest BCUT2D eigenvalue weighted by Crippen LogP contribution is -2.23. The zero-order valence-electron chi connectivity index (χ0n) is 17.0. The molecule has 0 aliphatic heterocycles. The molecule has 0 bridgehead atoms. The Bertz CT molecular complexity index is 1170. The van der Waals surface area contributed by atoms with E-state index in [1.54, 1.807) is 16.3 Å². The van der Waals surface area contributed by atoms with Gasteiger partial charge in [0.15, 0.2) is 0 Å². The summed E-state index contributed by atoms with van der Waals surface area (Å²) in [7, 11) is 0. The number of aromatic nitrogens is 4. The standard InChI is InChI=1S/C23H23N5OS/c1-16-20(17(2)28-23(27-16)25-15-26-28)12-13-22(29)24-14-18-8-6-7-11-21(18)30-19-9-4-3-5-10-19/h3-11,15H,12-14H2,1-2H3,(H,24,29). The fourth-order valence-corrected chi connectivity index (χ4v) is 4.37. The van der Waals surface area contributed by atoms with Crippen molar-refractivity contribution in [2.75, 3.05) is 0 Å². The van der Waals surface area contributed by atoms with Crippen molar-refractivity contribution >= 4 is 23.4 Å². The molecule has 30 heavy (non-hydrogen) atoms. The smallest absolute Gasteiger partial charge is 0.252 e. The normalized spacial score (nSPS) is 11.0. The molecule has 4 aromatic rings. The van der Waals surface area contributed by atoms with Gasteiger partial charge in [0.2, 0.25) is 5.91 Å². The van der Waals surface area contributed by atoms with Gasteiger partial charge in [0, 0.05) is 34.1 Å². The Morgan fingerprint density at radius 1 is 1.07 bits per heavy atom. The number of carbonyl (C=O) groups excluding carboxylic acids is 1. The largest absolute Gasteiger partial charge is 0.352 e. The van der Waals surface area contributed by atoms with Gasteiger partial charge in [0.05, 0.1) is 0 Å². The van der Waals surface area contributed by atoms with Crippen LogP contribution in [0, 0.1) is 13.8 Å². The molecule has 0 unspecified atom stereocenters. The minimum Gasteiger partial charge on any atom is -0.352 e. The molecule has 0 fully saturated rings. The molecule has 0 saturated heterocycles. The Morgan fingerprint density at radius 2 is 1.83 bits per heavy atom. The van der Waals surface area contributed by atoms with E-state index in [1.165, 1.54) is 11.2 Å². The molecule has 0 spiro atoms. The van der Waals surface area contributed by atoms with Crippen LogP contribution in [0.3, 0.4) is 0 Å². The van der Waals surface area contributed by atoms with Crippen LogP contribution in [0.1, 0.15) is 28.9 Å². The van der Waals surface area contributed by atoms with Crippen LogP contribution >= 0.6 is 11.8 Å². The highest BCUT2D eigenvalue weighted by atomic mass is 32.2. The fourth-order valence-electron chi connectivity index (χ4n) is 3.40. The van der Waals surface area contributed by atoms with E-state index < -0.39 is 0 Å². The lowest BCUT2D eigenvalue weighted by molar-refractivity contribution is -0.121. The molecule has 152 valence electrons. The van der Waals surface area contributed by atoms with Gasteiger partial charge in [-0.2, -0.15) is 10.1 Å². The Balaban J connectivity index is 1.38. The van der Waals surface area contributed by atoms with Gasteiger partial charge in [-0.25, -0.2) is 9.50 Å². The maximum absolute atomic E-state index is 12.5. The van der Waals surface area contributed by atoms with Crippen LogP contribution in [-0.4, -0.2) is 25.5 Å². The van der Waals surface area contributed by atoms with Crippen molar-refractivity contribution in [3.8, 4) is 0 Å². The van der Waals surface area contributed by atoms with Crippen molar-refractivity contribution in [3.63, 3.8) is 0 Å². The van der Waals surface area contributed by atoms with E-state index in [2.05, 4.69) is 44.6 Å². The Hall–Kier alpha value is -3.19. The van der Waals surface area contributed by atoms with Gasteiger partial charge in [-0.15, -0.1) is 0 Å². The van der Waals surface area contributed by atoms with Crippen molar-refractivity contribution in [3.05, 3.63) is 83.4 Å². The Morgan fingerprint density at radius 3 is 2.67 bits per heavy atom. The van der Waals surface area contributed by atoms with E-state index in [-0.39, 0.29) is 5.91 Å². The van der Waals surface area contributed by atoms with Crippen molar-refractivity contribution in [1.82, 2.24) is 24.9 Å². The summed E-state index contributed by atoms with van der Waals surface area (Å²) in [5, 5.41) is 7.27. The zero-order valence-corrected chi connectivity index (χ0v) is 17.8. The van der Waals surface area contributed by atoms with Crippen LogP contribution in [0.4, 0.5) is 0 Å². The van der Waals surface area contributed by atoms with E-state index in [0.717, 1.165) is 27.4 Å². The number of nitrogens with one attached hydrogen (secondary N) is 1. The summed E-state index contributed by atoms with van der Waals surface area (Å²) in [6, 6.07) is 18.4. The number of hydrogen-bond donors (Lipinski definition) is 1. The molecular weight excluding hydrogens is 394 g/mol. The summed E-state index contributed by atoms with van der Waals surface area (Å²) in [6.45, 7) is 4.44. The molecule has 0 radical (unpaired) electrons. The third-order valence-corrected chi connectivity index (χ3v) is 6.14. The van der Waals surface area contributed by atoms with Crippen molar-refractivity contribution in [2.24, 2.45) is 0 Å². The van der Waals surface area contributed by atoms with Crippen LogP contribution in [0.25, 0.3) is 5.78 Å². The van der Waals surface area contributed by atoms with Gasteiger partial charge in [0.25, 0.3) is 5.78 Å². The molecule has 0 saturated carbocycles. The van der Waals surface area contributed by atoms with Crippen LogP contribution in [0.2, 0.25) is 0 Å². The van der Waals surface area contributed by atoms with E-state index >= 15 is 0 Å². The van der Waals surface area contributed by atoms with Crippen LogP contribution < -0.4 is 5.32 Å². The number of nitrogens with zero attached hydrogens (tertiary/aromatic N) is 4. The van der Waals surface area contributed by atoms with E-state index in [0.29, 0.717) is 25.2 Å². The number of fused-ring (bicyclic) bond motifs is 1. The quantitative estimate of drug-likeness (QED) is 0.489. The second-order valence-corrected chi connectivity index (χ2v) is 8.15. The van der Waals surface area contributed by atoms with Gasteiger partial charge >= 0.3 is 0 Å². The van der Waals surface area contributed by atoms with Crippen LogP contribution in [0.15, 0.2) is 70.7 Å². The van der Waals surface area contributed by atoms with Crippen LogP contribution in [-0.2, 0) is 17.8 Å². The van der Waals surface area contributed by atoms with E-state index in [1.807, 2.05) is 44.2 Å². The number of amides is 1. The molecule has 1 amide bonds. The van der Waals surface area contributed by atoms with Gasteiger partial charge in [-0.05, 0) is 49.6 Å². The highest BCUT2D eigenvalue weighted by Crippen LogP contribution is 2.30. The highest BCUT2D eigenvalue weighted by Gasteiger charge is 2.13. The van der Waals surface area contributed by atoms with Gasteiger partial charge in [-0.3, -0.25) is 4.79 Å². The number of hydrogen-bond acceptors (Lipinski definition) is 5. The fraction of sp³-hybridized carbons (Fsp3) is 0.217. The van der Waals surface area contributed by atoms with Crippen molar-refractivity contribution < 1.29 is 4.79 Å². The molecule has 6 nitrogen and oxygen atoms in total. The summed E-state index contributed by atoms with van der Waals surface area (Å²) in [5.74, 6) is 0.609. The molecular formula is C23H23N5OS. The highest BCUT2D eigenvalue weighted by molar-refractivity contribution is 7.99. The maximum atomic E-state index is 12.5. The molecule has 1 N–H and O–H groups in total. The second kappa shape index (κ2) is 9.09. The third kappa shape index (κ3) is 4.52. The average molecular weight is 418 g/mol. The first-order valence-electron chi connectivity index (χ1n) is 9.85. The maximum Gasteiger partial charge on any atom is 0.252 e. The zero-order chi connectivity index (χ0) is 20.9. The van der Waals surface area contributed by atoms with E-state index in [9.17, 15) is 4.79 Å². The first-order valence-corrected chi connectivity index (χ1v) is 10.7. The first-order chi connectivity index (χ1) is 14.6. The van der Waals surface area contributed by atoms with Gasteiger partial charge in [0.1, 0.15) is 6.33 Å². The predicted molar refractivity (Wildman–Crippen MR) is 117 cm³/mol. The monoisotopic (exact) mass is 417 g/mol. The molecule has 0 aliphatic carbocycles. The molecule has 7 heteroatoms. The Labute approximate surface area is 179 Å². The summed E-state index contributed by atoms with van der Waals surface area (Å²) >= 11 is 1.71. The molecule has 2 aromatic carbocycles. The molecule has 2 aromatic heterocycles. The number of carbonyl (C=O) groups is 1. The summed E-state index contributed by atoms with van der Waals surface area (Å²) in [5.41, 5.74) is 4.03. The van der Waals surface area contributed by atoms with Crippen LogP contribution in [0.5, 0.6) is 0 Å². The lowest BCUT2D eigenvalue weighted by atomic mass is 10.1. The Kier molecular flexibility index (Phi) is 6.09. The van der Waals surface area contributed by atoms with Gasteiger partial charge in [-0.1, -0.05) is 48.2 Å². The lowest BCUT2D eigenvalue weighted by Gasteiger charge is -2.12. The molecule has 0 atom stereocenters. The average Bonchev–Trinajstić information content (AvgIpc) is 3.22. The first kappa shape index (κ1) is 20.1. The minimum atomic E-state index is 0.0204. The molecule has 2 heterocycles. The number of aryl methyl sites for hydroxylation is 2. The van der Waals surface area contributed by atoms with E-state index in [4.69, 9.17) is 0 Å².